The summed E-state index contributed by atoms with van der Waals surface area (Å²) < 4.78 is 26.4. The fraction of sp³-hybridized carbons (Fsp3) is 0.211. The van der Waals surface area contributed by atoms with Crippen molar-refractivity contribution in [2.24, 2.45) is 10.8 Å². The molecule has 0 saturated carbocycles. The molecule has 0 aromatic heterocycles. The highest BCUT2D eigenvalue weighted by Crippen LogP contribution is 2.34. The lowest BCUT2D eigenvalue weighted by molar-refractivity contribution is 0.394. The molecule has 0 radical (unpaired) electrons. The van der Waals surface area contributed by atoms with E-state index in [2.05, 4.69) is 11.8 Å². The van der Waals surface area contributed by atoms with Gasteiger partial charge in [0.05, 0.1) is 12.2 Å². The van der Waals surface area contributed by atoms with Gasteiger partial charge in [-0.25, -0.2) is 8.78 Å². The van der Waals surface area contributed by atoms with E-state index < -0.39 is 11.6 Å². The van der Waals surface area contributed by atoms with Gasteiger partial charge in [0, 0.05) is 24.5 Å². The minimum atomic E-state index is -0.957. The second-order valence-corrected chi connectivity index (χ2v) is 6.15. The standard InChI is InChI=1S/C19H21F2N3O2/c1-11(2)13-7-14(19(26)8-18(13)25)17(22)10-24(23-3)9-12-4-5-15(20)16(21)6-12/h4-8,10-11,25-26H,3,9,22H2,1-2H3/b17-10-. The Labute approximate surface area is 150 Å². The zero-order valence-electron chi connectivity index (χ0n) is 14.6. The largest absolute Gasteiger partial charge is 0.508 e. The summed E-state index contributed by atoms with van der Waals surface area (Å²) in [6, 6.07) is 6.34. The van der Waals surface area contributed by atoms with Crippen LogP contribution in [0.25, 0.3) is 5.70 Å². The Morgan fingerprint density at radius 3 is 2.46 bits per heavy atom. The molecule has 0 aliphatic heterocycles. The first-order valence-corrected chi connectivity index (χ1v) is 7.93. The lowest BCUT2D eigenvalue weighted by Crippen LogP contribution is -2.12. The molecule has 2 aromatic rings. The number of aromatic hydroxyl groups is 2. The van der Waals surface area contributed by atoms with Crippen molar-refractivity contribution in [3.05, 3.63) is 64.9 Å². The molecule has 0 aliphatic rings. The molecule has 4 N–H and O–H groups in total. The van der Waals surface area contributed by atoms with Crippen molar-refractivity contribution >= 4 is 12.4 Å². The maximum absolute atomic E-state index is 13.3. The van der Waals surface area contributed by atoms with Gasteiger partial charge in [-0.2, -0.15) is 5.10 Å². The molecule has 0 unspecified atom stereocenters. The predicted octanol–water partition coefficient (Wildman–Crippen LogP) is 3.87. The molecule has 0 fully saturated rings. The maximum atomic E-state index is 13.3. The van der Waals surface area contributed by atoms with Gasteiger partial charge in [0.1, 0.15) is 11.5 Å². The van der Waals surface area contributed by atoms with Crippen LogP contribution in [0.4, 0.5) is 8.78 Å². The van der Waals surface area contributed by atoms with Crippen molar-refractivity contribution in [1.82, 2.24) is 5.01 Å². The Morgan fingerprint density at radius 2 is 1.88 bits per heavy atom. The van der Waals surface area contributed by atoms with Crippen molar-refractivity contribution in [2.75, 3.05) is 0 Å². The van der Waals surface area contributed by atoms with E-state index in [1.807, 2.05) is 13.8 Å². The van der Waals surface area contributed by atoms with E-state index in [4.69, 9.17) is 5.73 Å². The number of rotatable bonds is 6. The van der Waals surface area contributed by atoms with E-state index in [-0.39, 0.29) is 29.7 Å². The predicted molar refractivity (Wildman–Crippen MR) is 97.5 cm³/mol. The van der Waals surface area contributed by atoms with Gasteiger partial charge in [0.25, 0.3) is 0 Å². The lowest BCUT2D eigenvalue weighted by Gasteiger charge is -2.17. The van der Waals surface area contributed by atoms with E-state index in [9.17, 15) is 19.0 Å². The van der Waals surface area contributed by atoms with Crippen LogP contribution in [-0.2, 0) is 6.54 Å². The van der Waals surface area contributed by atoms with E-state index in [0.717, 1.165) is 12.1 Å². The van der Waals surface area contributed by atoms with E-state index in [1.165, 1.54) is 23.3 Å². The van der Waals surface area contributed by atoms with Gasteiger partial charge in [-0.15, -0.1) is 0 Å². The van der Waals surface area contributed by atoms with Crippen LogP contribution in [0, 0.1) is 11.6 Å². The Balaban J connectivity index is 2.32. The summed E-state index contributed by atoms with van der Waals surface area (Å²) in [7, 11) is 0. The monoisotopic (exact) mass is 361 g/mol. The molecule has 0 aliphatic carbocycles. The molecule has 2 aromatic carbocycles. The number of phenols is 2. The third-order valence-electron chi connectivity index (χ3n) is 3.88. The second kappa shape index (κ2) is 7.86. The van der Waals surface area contributed by atoms with E-state index in [1.54, 1.807) is 6.07 Å². The molecule has 0 saturated heterocycles. The average molecular weight is 361 g/mol. The Bertz CT molecular complexity index is 851. The van der Waals surface area contributed by atoms with Crippen molar-refractivity contribution in [1.29, 1.82) is 0 Å². The minimum absolute atomic E-state index is 0.0189. The zero-order chi connectivity index (χ0) is 19.4. The smallest absolute Gasteiger partial charge is 0.159 e. The van der Waals surface area contributed by atoms with Crippen molar-refractivity contribution in [2.45, 2.75) is 26.3 Å². The van der Waals surface area contributed by atoms with Gasteiger partial charge >= 0.3 is 0 Å². The fourth-order valence-corrected chi connectivity index (χ4v) is 2.48. The quantitative estimate of drug-likeness (QED) is 0.539. The zero-order valence-corrected chi connectivity index (χ0v) is 14.6. The molecule has 0 amide bonds. The highest BCUT2D eigenvalue weighted by Gasteiger charge is 2.14. The Hall–Kier alpha value is -3.09. The molecular formula is C19H21F2N3O2. The molecule has 2 rings (SSSR count). The third-order valence-corrected chi connectivity index (χ3v) is 3.88. The van der Waals surface area contributed by atoms with Gasteiger partial charge in [-0.05, 0) is 35.2 Å². The average Bonchev–Trinajstić information content (AvgIpc) is 2.57. The number of halogens is 2. The number of hydrogen-bond acceptors (Lipinski definition) is 5. The topological polar surface area (TPSA) is 82.1 Å². The molecule has 0 spiro atoms. The number of phenolic OH excluding ortho intramolecular Hbond substituents is 2. The van der Waals surface area contributed by atoms with Gasteiger partial charge in [0.2, 0.25) is 0 Å². The molecule has 0 atom stereocenters. The first kappa shape index (κ1) is 19.2. The Morgan fingerprint density at radius 1 is 1.19 bits per heavy atom. The lowest BCUT2D eigenvalue weighted by atomic mass is 9.98. The molecule has 0 heterocycles. The molecule has 0 bridgehead atoms. The van der Waals surface area contributed by atoms with Gasteiger partial charge < -0.3 is 15.9 Å². The minimum Gasteiger partial charge on any atom is -0.508 e. The fourth-order valence-electron chi connectivity index (χ4n) is 2.48. The van der Waals surface area contributed by atoms with Crippen molar-refractivity contribution < 1.29 is 19.0 Å². The summed E-state index contributed by atoms with van der Waals surface area (Å²) in [5, 5.41) is 25.1. The molecule has 138 valence electrons. The second-order valence-electron chi connectivity index (χ2n) is 6.15. The van der Waals surface area contributed by atoms with Crippen LogP contribution in [0.1, 0.15) is 36.5 Å². The van der Waals surface area contributed by atoms with Crippen LogP contribution in [0.2, 0.25) is 0 Å². The normalized spacial score (nSPS) is 11.7. The molecule has 7 heteroatoms. The summed E-state index contributed by atoms with van der Waals surface area (Å²) in [4.78, 5) is 0. The highest BCUT2D eigenvalue weighted by atomic mass is 19.2. The van der Waals surface area contributed by atoms with Crippen LogP contribution in [0.15, 0.2) is 41.6 Å². The van der Waals surface area contributed by atoms with Gasteiger partial charge in [-0.3, -0.25) is 5.01 Å². The summed E-state index contributed by atoms with van der Waals surface area (Å²) in [6.07, 6.45) is 1.42. The summed E-state index contributed by atoms with van der Waals surface area (Å²) in [6.45, 7) is 7.34. The number of nitrogens with zero attached hydrogens (tertiary/aromatic N) is 2. The van der Waals surface area contributed by atoms with Crippen molar-refractivity contribution in [3.8, 4) is 11.5 Å². The maximum Gasteiger partial charge on any atom is 0.159 e. The Kier molecular flexibility index (Phi) is 5.82. The van der Waals surface area contributed by atoms with Crippen molar-refractivity contribution in [3.63, 3.8) is 0 Å². The summed E-state index contributed by atoms with van der Waals surface area (Å²) >= 11 is 0. The van der Waals surface area contributed by atoms with E-state index in [0.29, 0.717) is 16.7 Å². The molecular weight excluding hydrogens is 340 g/mol. The summed E-state index contributed by atoms with van der Waals surface area (Å²) in [5.74, 6) is -2.07. The number of hydrogen-bond donors (Lipinski definition) is 3. The highest BCUT2D eigenvalue weighted by molar-refractivity contribution is 5.70. The SMILES string of the molecule is C=NN(/C=C(\N)c1cc(C(C)C)c(O)cc1O)Cc1ccc(F)c(F)c1. The van der Waals surface area contributed by atoms with E-state index >= 15 is 0 Å². The van der Waals surface area contributed by atoms with Gasteiger partial charge in [-0.1, -0.05) is 19.9 Å². The van der Waals surface area contributed by atoms with Crippen LogP contribution in [-0.4, -0.2) is 21.9 Å². The first-order chi connectivity index (χ1) is 12.2. The first-order valence-electron chi connectivity index (χ1n) is 7.93. The van der Waals surface area contributed by atoms with Crippen LogP contribution >= 0.6 is 0 Å². The van der Waals surface area contributed by atoms with Crippen LogP contribution < -0.4 is 5.73 Å². The third kappa shape index (κ3) is 4.30. The summed E-state index contributed by atoms with van der Waals surface area (Å²) in [5.41, 5.74) is 7.66. The molecule has 5 nitrogen and oxygen atoms in total. The van der Waals surface area contributed by atoms with Crippen LogP contribution in [0.3, 0.4) is 0 Å². The number of nitrogens with two attached hydrogens (primary N) is 1. The van der Waals surface area contributed by atoms with Crippen LogP contribution in [0.5, 0.6) is 11.5 Å². The number of benzene rings is 2. The van der Waals surface area contributed by atoms with Gasteiger partial charge in [0.15, 0.2) is 11.6 Å². The molecule has 26 heavy (non-hydrogen) atoms. The number of hydrazone groups is 1.